The second kappa shape index (κ2) is 7.98. The van der Waals surface area contributed by atoms with Gasteiger partial charge in [0, 0.05) is 13.1 Å². The first-order valence-electron chi connectivity index (χ1n) is 8.49. The fourth-order valence-electron chi connectivity index (χ4n) is 2.64. The summed E-state index contributed by atoms with van der Waals surface area (Å²) in [4.78, 5) is 19.0. The van der Waals surface area contributed by atoms with Gasteiger partial charge in [0.25, 0.3) is 5.91 Å². The van der Waals surface area contributed by atoms with Crippen LogP contribution in [0.1, 0.15) is 24.3 Å². The molecule has 1 aliphatic rings. The van der Waals surface area contributed by atoms with Crippen LogP contribution in [-0.4, -0.2) is 43.3 Å². The first kappa shape index (κ1) is 17.2. The number of ether oxygens (including phenoxy) is 2. The van der Waals surface area contributed by atoms with Gasteiger partial charge in [-0.1, -0.05) is 12.1 Å². The molecule has 1 N–H and O–H groups in total. The van der Waals surface area contributed by atoms with Crippen molar-refractivity contribution < 1.29 is 14.3 Å². The average Bonchev–Trinajstić information content (AvgIpc) is 2.64. The Hall–Kier alpha value is -2.60. The Kier molecular flexibility index (Phi) is 5.50. The number of carbonyl (C=O) groups excluding carboxylic acids is 1. The van der Waals surface area contributed by atoms with Crippen molar-refractivity contribution in [3.63, 3.8) is 0 Å². The van der Waals surface area contributed by atoms with Crippen molar-refractivity contribution in [1.82, 2.24) is 4.98 Å². The topological polar surface area (TPSA) is 63.7 Å². The molecular formula is C19H23N3O3. The minimum absolute atomic E-state index is 0.0315. The largest absolute Gasteiger partial charge is 0.489 e. The van der Waals surface area contributed by atoms with Gasteiger partial charge >= 0.3 is 0 Å². The summed E-state index contributed by atoms with van der Waals surface area (Å²) in [6, 6.07) is 11.1. The lowest BCUT2D eigenvalue weighted by atomic mass is 10.2. The summed E-state index contributed by atoms with van der Waals surface area (Å²) in [7, 11) is 0. The second-order valence-electron chi connectivity index (χ2n) is 6.12. The van der Waals surface area contributed by atoms with Gasteiger partial charge in [0.1, 0.15) is 11.4 Å². The van der Waals surface area contributed by atoms with Crippen molar-refractivity contribution in [3.05, 3.63) is 48.3 Å². The molecule has 0 atom stereocenters. The van der Waals surface area contributed by atoms with E-state index in [0.717, 1.165) is 32.0 Å². The highest BCUT2D eigenvalue weighted by Gasteiger charge is 2.14. The van der Waals surface area contributed by atoms with Gasteiger partial charge in [0.2, 0.25) is 0 Å². The van der Waals surface area contributed by atoms with E-state index in [2.05, 4.69) is 15.2 Å². The molecule has 0 radical (unpaired) electrons. The third-order valence-electron chi connectivity index (χ3n) is 3.85. The molecule has 0 bridgehead atoms. The molecule has 1 aliphatic heterocycles. The van der Waals surface area contributed by atoms with E-state index in [0.29, 0.717) is 17.1 Å². The number of morpholine rings is 1. The minimum Gasteiger partial charge on any atom is -0.489 e. The summed E-state index contributed by atoms with van der Waals surface area (Å²) in [6.45, 7) is 7.01. The number of aromatic nitrogens is 1. The predicted molar refractivity (Wildman–Crippen MR) is 97.4 cm³/mol. The molecule has 2 aromatic rings. The van der Waals surface area contributed by atoms with Crippen LogP contribution in [-0.2, 0) is 4.74 Å². The average molecular weight is 341 g/mol. The van der Waals surface area contributed by atoms with Gasteiger partial charge in [0.05, 0.1) is 36.9 Å². The van der Waals surface area contributed by atoms with Gasteiger partial charge in [-0.3, -0.25) is 4.79 Å². The number of para-hydroxylation sites is 2. The molecule has 25 heavy (non-hydrogen) atoms. The zero-order chi connectivity index (χ0) is 17.6. The standard InChI is InChI=1S/C19H23N3O3/c1-14(2)25-18-6-4-3-5-16(18)21-19(23)17-8-7-15(13-20-17)22-9-11-24-12-10-22/h3-8,13-14H,9-12H2,1-2H3,(H,21,23). The van der Waals surface area contributed by atoms with E-state index >= 15 is 0 Å². The van der Waals surface area contributed by atoms with Crippen LogP contribution in [0.3, 0.4) is 0 Å². The summed E-state index contributed by atoms with van der Waals surface area (Å²) in [6.07, 6.45) is 1.76. The molecule has 3 rings (SSSR count). The van der Waals surface area contributed by atoms with Crippen molar-refractivity contribution in [2.45, 2.75) is 20.0 Å². The number of carbonyl (C=O) groups is 1. The highest BCUT2D eigenvalue weighted by atomic mass is 16.5. The lowest BCUT2D eigenvalue weighted by Gasteiger charge is -2.28. The molecule has 1 saturated heterocycles. The highest BCUT2D eigenvalue weighted by molar-refractivity contribution is 6.03. The Balaban J connectivity index is 1.69. The van der Waals surface area contributed by atoms with Gasteiger partial charge in [-0.2, -0.15) is 0 Å². The zero-order valence-electron chi connectivity index (χ0n) is 14.6. The van der Waals surface area contributed by atoms with E-state index in [-0.39, 0.29) is 12.0 Å². The van der Waals surface area contributed by atoms with Gasteiger partial charge in [-0.15, -0.1) is 0 Å². The molecule has 0 aliphatic carbocycles. The molecule has 1 amide bonds. The predicted octanol–water partition coefficient (Wildman–Crippen LogP) is 2.96. The maximum atomic E-state index is 12.5. The first-order valence-corrected chi connectivity index (χ1v) is 8.49. The Morgan fingerprint density at radius 3 is 2.64 bits per heavy atom. The molecule has 2 heterocycles. The van der Waals surface area contributed by atoms with Crippen molar-refractivity contribution in [1.29, 1.82) is 0 Å². The second-order valence-corrected chi connectivity index (χ2v) is 6.12. The van der Waals surface area contributed by atoms with E-state index in [4.69, 9.17) is 9.47 Å². The van der Waals surface area contributed by atoms with E-state index in [1.807, 2.05) is 44.2 Å². The van der Waals surface area contributed by atoms with Crippen LogP contribution in [0.15, 0.2) is 42.6 Å². The molecule has 6 heteroatoms. The molecule has 1 fully saturated rings. The van der Waals surface area contributed by atoms with Crippen LogP contribution in [0.2, 0.25) is 0 Å². The fraction of sp³-hybridized carbons (Fsp3) is 0.368. The summed E-state index contributed by atoms with van der Waals surface area (Å²) in [5.74, 6) is 0.393. The number of anilines is 2. The van der Waals surface area contributed by atoms with Crippen LogP contribution in [0, 0.1) is 0 Å². The molecule has 6 nitrogen and oxygen atoms in total. The molecular weight excluding hydrogens is 318 g/mol. The van der Waals surface area contributed by atoms with Crippen LogP contribution in [0.5, 0.6) is 5.75 Å². The summed E-state index contributed by atoms with van der Waals surface area (Å²) < 4.78 is 11.1. The quantitative estimate of drug-likeness (QED) is 0.906. The normalized spacial score (nSPS) is 14.4. The number of hydrogen-bond donors (Lipinski definition) is 1. The van der Waals surface area contributed by atoms with Crippen molar-refractivity contribution >= 4 is 17.3 Å². The zero-order valence-corrected chi connectivity index (χ0v) is 14.6. The summed E-state index contributed by atoms with van der Waals surface area (Å²) in [5.41, 5.74) is 2.01. The molecule has 1 aromatic heterocycles. The van der Waals surface area contributed by atoms with E-state index in [9.17, 15) is 4.79 Å². The first-order chi connectivity index (χ1) is 12.1. The van der Waals surface area contributed by atoms with Gasteiger partial charge in [-0.05, 0) is 38.1 Å². The molecule has 132 valence electrons. The number of rotatable bonds is 5. The number of pyridine rings is 1. The third-order valence-corrected chi connectivity index (χ3v) is 3.85. The van der Waals surface area contributed by atoms with Gasteiger partial charge in [-0.25, -0.2) is 4.98 Å². The fourth-order valence-corrected chi connectivity index (χ4v) is 2.64. The summed E-state index contributed by atoms with van der Waals surface area (Å²) in [5, 5.41) is 2.87. The summed E-state index contributed by atoms with van der Waals surface area (Å²) >= 11 is 0. The SMILES string of the molecule is CC(C)Oc1ccccc1NC(=O)c1ccc(N2CCOCC2)cn1. The molecule has 1 aromatic carbocycles. The Labute approximate surface area is 147 Å². The number of amides is 1. The van der Waals surface area contributed by atoms with Crippen LogP contribution >= 0.6 is 0 Å². The minimum atomic E-state index is -0.256. The van der Waals surface area contributed by atoms with Crippen molar-refractivity contribution in [3.8, 4) is 5.75 Å². The Morgan fingerprint density at radius 1 is 1.20 bits per heavy atom. The van der Waals surface area contributed by atoms with E-state index < -0.39 is 0 Å². The maximum absolute atomic E-state index is 12.5. The van der Waals surface area contributed by atoms with Crippen molar-refractivity contribution in [2.24, 2.45) is 0 Å². The van der Waals surface area contributed by atoms with Gasteiger partial charge < -0.3 is 19.7 Å². The lowest BCUT2D eigenvalue weighted by Crippen LogP contribution is -2.36. The number of benzene rings is 1. The van der Waals surface area contributed by atoms with Crippen LogP contribution in [0.25, 0.3) is 0 Å². The monoisotopic (exact) mass is 341 g/mol. The third kappa shape index (κ3) is 4.48. The smallest absolute Gasteiger partial charge is 0.274 e. The molecule has 0 saturated carbocycles. The number of nitrogens with one attached hydrogen (secondary N) is 1. The van der Waals surface area contributed by atoms with E-state index in [1.54, 1.807) is 12.3 Å². The number of hydrogen-bond acceptors (Lipinski definition) is 5. The molecule has 0 spiro atoms. The Bertz CT molecular complexity index is 710. The van der Waals surface area contributed by atoms with Gasteiger partial charge in [0.15, 0.2) is 0 Å². The maximum Gasteiger partial charge on any atom is 0.274 e. The number of nitrogens with zero attached hydrogens (tertiary/aromatic N) is 2. The van der Waals surface area contributed by atoms with Crippen LogP contribution in [0.4, 0.5) is 11.4 Å². The highest BCUT2D eigenvalue weighted by Crippen LogP contribution is 2.25. The van der Waals surface area contributed by atoms with Crippen LogP contribution < -0.4 is 15.0 Å². The molecule has 0 unspecified atom stereocenters. The Morgan fingerprint density at radius 2 is 1.96 bits per heavy atom. The lowest BCUT2D eigenvalue weighted by molar-refractivity contribution is 0.102. The van der Waals surface area contributed by atoms with E-state index in [1.165, 1.54) is 0 Å². The van der Waals surface area contributed by atoms with Crippen molar-refractivity contribution in [2.75, 3.05) is 36.5 Å².